The molecule has 0 unspecified atom stereocenters. The van der Waals surface area contributed by atoms with E-state index in [1.54, 1.807) is 24.3 Å². The van der Waals surface area contributed by atoms with Gasteiger partial charge < -0.3 is 4.74 Å². The van der Waals surface area contributed by atoms with Crippen LogP contribution in [0.1, 0.15) is 15.9 Å². The lowest BCUT2D eigenvalue weighted by Gasteiger charge is -2.09. The molecule has 6 nitrogen and oxygen atoms in total. The molecule has 0 saturated heterocycles. The fourth-order valence-corrected chi connectivity index (χ4v) is 2.14. The number of halogens is 1. The third kappa shape index (κ3) is 2.07. The predicted molar refractivity (Wildman–Crippen MR) is 74.4 cm³/mol. The van der Waals surface area contributed by atoms with Gasteiger partial charge in [-0.3, -0.25) is 0 Å². The average molecular weight is 296 g/mol. The number of carbonyl (C=O) groups is 1. The number of pyridine rings is 1. The number of rotatable bonds is 2. The third-order valence-corrected chi connectivity index (χ3v) is 3.20. The van der Waals surface area contributed by atoms with E-state index in [0.29, 0.717) is 16.8 Å². The zero-order valence-corrected chi connectivity index (χ0v) is 11.4. The molecule has 0 aliphatic heterocycles. The second kappa shape index (κ2) is 5.26. The second-order valence-corrected chi connectivity index (χ2v) is 4.43. The average Bonchev–Trinajstić information content (AvgIpc) is 3.01. The minimum atomic E-state index is -0.794. The molecule has 0 saturated carbocycles. The van der Waals surface area contributed by atoms with Crippen LogP contribution < -0.4 is 0 Å². The van der Waals surface area contributed by atoms with Crippen LogP contribution in [0.2, 0.25) is 0 Å². The van der Waals surface area contributed by atoms with Crippen LogP contribution in [0, 0.1) is 17.1 Å². The molecule has 2 aromatic heterocycles. The van der Waals surface area contributed by atoms with E-state index in [1.165, 1.54) is 24.0 Å². The number of esters is 1. The first-order valence-electron chi connectivity index (χ1n) is 6.27. The van der Waals surface area contributed by atoms with Gasteiger partial charge in [-0.05, 0) is 12.1 Å². The van der Waals surface area contributed by atoms with Crippen LogP contribution in [0.3, 0.4) is 0 Å². The summed E-state index contributed by atoms with van der Waals surface area (Å²) in [5.74, 6) is -1.55. The van der Waals surface area contributed by atoms with Crippen molar-refractivity contribution in [3.8, 4) is 17.3 Å². The summed E-state index contributed by atoms with van der Waals surface area (Å²) in [6.07, 6.45) is 1.27. The second-order valence-electron chi connectivity index (χ2n) is 4.43. The summed E-state index contributed by atoms with van der Waals surface area (Å²) in [7, 11) is 1.18. The minimum absolute atomic E-state index is 0.0832. The highest BCUT2D eigenvalue weighted by molar-refractivity contribution is 5.92. The highest BCUT2D eigenvalue weighted by Crippen LogP contribution is 2.26. The van der Waals surface area contributed by atoms with Crippen molar-refractivity contribution in [2.24, 2.45) is 0 Å². The van der Waals surface area contributed by atoms with Crippen molar-refractivity contribution < 1.29 is 13.9 Å². The predicted octanol–water partition coefficient (Wildman–Crippen LogP) is 2.19. The van der Waals surface area contributed by atoms with Gasteiger partial charge in [-0.15, -0.1) is 0 Å². The number of nitriles is 1. The van der Waals surface area contributed by atoms with Gasteiger partial charge in [0.05, 0.1) is 18.7 Å². The summed E-state index contributed by atoms with van der Waals surface area (Å²) in [4.78, 5) is 15.7. The Kier molecular flexibility index (Phi) is 3.27. The van der Waals surface area contributed by atoms with E-state index in [2.05, 4.69) is 14.8 Å². The summed E-state index contributed by atoms with van der Waals surface area (Å²) in [6, 6.07) is 9.55. The molecule has 0 N–H and O–H groups in total. The maximum Gasteiger partial charge on any atom is 0.341 e. The molecule has 3 aromatic rings. The van der Waals surface area contributed by atoms with E-state index in [0.717, 1.165) is 0 Å². The first-order chi connectivity index (χ1) is 10.7. The fourth-order valence-electron chi connectivity index (χ4n) is 2.14. The van der Waals surface area contributed by atoms with Crippen LogP contribution in [0.25, 0.3) is 16.9 Å². The lowest BCUT2D eigenvalue weighted by molar-refractivity contribution is 0.0595. The van der Waals surface area contributed by atoms with E-state index < -0.39 is 11.8 Å². The van der Waals surface area contributed by atoms with Gasteiger partial charge in [0.25, 0.3) is 0 Å². The summed E-state index contributed by atoms with van der Waals surface area (Å²) < 4.78 is 20.6. The number of methoxy groups -OCH3 is 1. The quantitative estimate of drug-likeness (QED) is 0.677. The SMILES string of the molecule is COC(=O)c1cc2ncnn2c(-c2ccc(C#N)cc2)c1F. The van der Waals surface area contributed by atoms with Crippen molar-refractivity contribution in [3.05, 3.63) is 53.6 Å². The molecule has 0 atom stereocenters. The molecule has 3 rings (SSSR count). The summed E-state index contributed by atoms with van der Waals surface area (Å²) >= 11 is 0. The van der Waals surface area contributed by atoms with Crippen molar-refractivity contribution >= 4 is 11.6 Å². The van der Waals surface area contributed by atoms with Crippen LogP contribution in [0.5, 0.6) is 0 Å². The Morgan fingerprint density at radius 2 is 2.09 bits per heavy atom. The first-order valence-corrected chi connectivity index (χ1v) is 6.27. The summed E-state index contributed by atoms with van der Waals surface area (Å²) in [5, 5.41) is 12.8. The maximum absolute atomic E-state index is 14.7. The topological polar surface area (TPSA) is 80.3 Å². The molecule has 0 aliphatic rings. The van der Waals surface area contributed by atoms with Crippen molar-refractivity contribution in [1.29, 1.82) is 5.26 Å². The Morgan fingerprint density at radius 3 is 2.73 bits per heavy atom. The molecule has 0 radical (unpaired) electrons. The molecule has 0 aliphatic carbocycles. The highest BCUT2D eigenvalue weighted by Gasteiger charge is 2.21. The molecule has 1 aromatic carbocycles. The lowest BCUT2D eigenvalue weighted by atomic mass is 10.1. The van der Waals surface area contributed by atoms with Gasteiger partial charge >= 0.3 is 5.97 Å². The number of benzene rings is 1. The number of aromatic nitrogens is 3. The van der Waals surface area contributed by atoms with Crippen molar-refractivity contribution in [2.75, 3.05) is 7.11 Å². The Labute approximate surface area is 124 Å². The molecule has 0 amide bonds. The molecule has 0 spiro atoms. The highest BCUT2D eigenvalue weighted by atomic mass is 19.1. The smallest absolute Gasteiger partial charge is 0.341 e. The van der Waals surface area contributed by atoms with Crippen molar-refractivity contribution in [3.63, 3.8) is 0 Å². The zero-order chi connectivity index (χ0) is 15.7. The Bertz CT molecular complexity index is 910. The van der Waals surface area contributed by atoms with E-state index in [-0.39, 0.29) is 11.3 Å². The summed E-state index contributed by atoms with van der Waals surface area (Å²) in [5.41, 5.74) is 1.10. The molecule has 0 fully saturated rings. The number of hydrogen-bond donors (Lipinski definition) is 0. The zero-order valence-electron chi connectivity index (χ0n) is 11.4. The number of hydrogen-bond acceptors (Lipinski definition) is 5. The van der Waals surface area contributed by atoms with Crippen LogP contribution in [0.15, 0.2) is 36.7 Å². The Morgan fingerprint density at radius 1 is 1.36 bits per heavy atom. The van der Waals surface area contributed by atoms with Gasteiger partial charge in [0, 0.05) is 11.6 Å². The van der Waals surface area contributed by atoms with E-state index in [1.807, 2.05) is 6.07 Å². The molecule has 0 bridgehead atoms. The largest absolute Gasteiger partial charge is 0.465 e. The number of ether oxygens (including phenoxy) is 1. The minimum Gasteiger partial charge on any atom is -0.465 e. The third-order valence-electron chi connectivity index (χ3n) is 3.20. The van der Waals surface area contributed by atoms with Crippen LogP contribution in [0.4, 0.5) is 4.39 Å². The fraction of sp³-hybridized carbons (Fsp3) is 0.0667. The van der Waals surface area contributed by atoms with Gasteiger partial charge in [-0.1, -0.05) is 12.1 Å². The normalized spacial score (nSPS) is 10.4. The number of nitrogens with zero attached hydrogens (tertiary/aromatic N) is 4. The Hall–Kier alpha value is -3.27. The first kappa shape index (κ1) is 13.7. The van der Waals surface area contributed by atoms with Gasteiger partial charge in [0.2, 0.25) is 0 Å². The van der Waals surface area contributed by atoms with E-state index in [4.69, 9.17) is 5.26 Å². The van der Waals surface area contributed by atoms with Gasteiger partial charge in [-0.2, -0.15) is 10.4 Å². The molecule has 108 valence electrons. The monoisotopic (exact) mass is 296 g/mol. The van der Waals surface area contributed by atoms with Gasteiger partial charge in [0.1, 0.15) is 17.6 Å². The molecule has 2 heterocycles. The maximum atomic E-state index is 14.7. The van der Waals surface area contributed by atoms with Crippen LogP contribution in [-0.4, -0.2) is 27.7 Å². The number of fused-ring (bicyclic) bond motifs is 1. The molecular formula is C15H9FN4O2. The standard InChI is InChI=1S/C15H9FN4O2/c1-22-15(21)11-6-12-18-8-19-20(12)14(13(11)16)10-4-2-9(7-17)3-5-10/h2-6,8H,1H3. The van der Waals surface area contributed by atoms with Crippen molar-refractivity contribution in [2.45, 2.75) is 0 Å². The van der Waals surface area contributed by atoms with Gasteiger partial charge in [0.15, 0.2) is 11.5 Å². The lowest BCUT2D eigenvalue weighted by Crippen LogP contribution is -2.09. The van der Waals surface area contributed by atoms with Crippen molar-refractivity contribution in [1.82, 2.24) is 14.6 Å². The van der Waals surface area contributed by atoms with E-state index in [9.17, 15) is 9.18 Å². The summed E-state index contributed by atoms with van der Waals surface area (Å²) in [6.45, 7) is 0. The van der Waals surface area contributed by atoms with Crippen LogP contribution >= 0.6 is 0 Å². The van der Waals surface area contributed by atoms with E-state index >= 15 is 0 Å². The molecular weight excluding hydrogens is 287 g/mol. The number of carbonyl (C=O) groups excluding carboxylic acids is 1. The molecule has 7 heteroatoms. The van der Waals surface area contributed by atoms with Crippen LogP contribution in [-0.2, 0) is 4.74 Å². The Balaban J connectivity index is 2.31. The molecule has 22 heavy (non-hydrogen) atoms. The van der Waals surface area contributed by atoms with Gasteiger partial charge in [-0.25, -0.2) is 18.7 Å².